The highest BCUT2D eigenvalue weighted by Gasteiger charge is 2.43. The van der Waals surface area contributed by atoms with E-state index in [2.05, 4.69) is 0 Å². The van der Waals surface area contributed by atoms with E-state index in [0.717, 1.165) is 10.4 Å². The van der Waals surface area contributed by atoms with Gasteiger partial charge in [0.05, 0.1) is 0 Å². The van der Waals surface area contributed by atoms with E-state index in [4.69, 9.17) is 26.6 Å². The third-order valence-electron chi connectivity index (χ3n) is 4.26. The van der Waals surface area contributed by atoms with Crippen LogP contribution in [0.25, 0.3) is 0 Å². The molecule has 0 radical (unpaired) electrons. The van der Waals surface area contributed by atoms with Gasteiger partial charge in [-0.1, -0.05) is 60.7 Å². The Bertz CT molecular complexity index is 607. The highest BCUT2D eigenvalue weighted by molar-refractivity contribution is 6.75. The van der Waals surface area contributed by atoms with Crippen LogP contribution in [-0.2, 0) is 26.6 Å². The standard InChI is InChI=1S/2C12H20O3Si/c2*1-4-13-16(14-5-2,15-6-3)12-10-8-7-9-11-12/h2*7-11H,4-6H2,1-3H3. The number of hydrogen-bond donors (Lipinski definition) is 0. The van der Waals surface area contributed by atoms with Gasteiger partial charge < -0.3 is 26.6 Å². The summed E-state index contributed by atoms with van der Waals surface area (Å²) in [7, 11) is -5.34. The van der Waals surface area contributed by atoms with Crippen LogP contribution < -0.4 is 10.4 Å². The fourth-order valence-electron chi connectivity index (χ4n) is 3.17. The Morgan fingerprint density at radius 3 is 0.812 bits per heavy atom. The second-order valence-electron chi connectivity index (χ2n) is 6.44. The summed E-state index contributed by atoms with van der Waals surface area (Å²) in [4.78, 5) is 0. The van der Waals surface area contributed by atoms with Crippen LogP contribution in [0.15, 0.2) is 60.7 Å². The molecule has 180 valence electrons. The first-order valence-electron chi connectivity index (χ1n) is 11.5. The third-order valence-corrected chi connectivity index (χ3v) is 10.4. The lowest BCUT2D eigenvalue weighted by atomic mass is 10.4. The predicted molar refractivity (Wildman–Crippen MR) is 133 cm³/mol. The largest absolute Gasteiger partial charge is 0.537 e. The molecule has 0 spiro atoms. The van der Waals surface area contributed by atoms with Gasteiger partial charge in [0.2, 0.25) is 0 Å². The first-order valence-corrected chi connectivity index (χ1v) is 15.0. The second-order valence-corrected chi connectivity index (χ2v) is 11.6. The van der Waals surface area contributed by atoms with E-state index in [9.17, 15) is 0 Å². The molecule has 0 aliphatic rings. The SMILES string of the molecule is CCO[Si](OCC)(OCC)c1ccccc1.CCO[Si](OCC)(OCC)c1ccccc1. The fraction of sp³-hybridized carbons (Fsp3) is 0.500. The smallest absolute Gasteiger partial charge is 0.370 e. The van der Waals surface area contributed by atoms with Crippen molar-refractivity contribution in [1.29, 1.82) is 0 Å². The van der Waals surface area contributed by atoms with Gasteiger partial charge in [-0.05, 0) is 41.5 Å². The maximum absolute atomic E-state index is 5.79. The number of benzene rings is 2. The van der Waals surface area contributed by atoms with Crippen molar-refractivity contribution < 1.29 is 26.6 Å². The van der Waals surface area contributed by atoms with Crippen LogP contribution in [0.5, 0.6) is 0 Å². The summed E-state index contributed by atoms with van der Waals surface area (Å²) in [5, 5.41) is 2.06. The fourth-order valence-corrected chi connectivity index (χ4v) is 8.16. The zero-order valence-corrected chi connectivity index (χ0v) is 22.5. The monoisotopic (exact) mass is 480 g/mol. The van der Waals surface area contributed by atoms with E-state index in [1.54, 1.807) is 0 Å². The van der Waals surface area contributed by atoms with Crippen molar-refractivity contribution in [1.82, 2.24) is 0 Å². The molecule has 2 aromatic rings. The first kappa shape index (κ1) is 28.7. The maximum atomic E-state index is 5.79. The summed E-state index contributed by atoms with van der Waals surface area (Å²) >= 11 is 0. The first-order chi connectivity index (χ1) is 15.6. The van der Waals surface area contributed by atoms with Crippen LogP contribution in [0.4, 0.5) is 0 Å². The summed E-state index contributed by atoms with van der Waals surface area (Å²) in [6, 6.07) is 19.9. The molecule has 6 nitrogen and oxygen atoms in total. The molecule has 0 atom stereocenters. The Labute approximate surface area is 196 Å². The van der Waals surface area contributed by atoms with Crippen LogP contribution in [0.2, 0.25) is 0 Å². The minimum absolute atomic E-state index is 0.598. The molecule has 8 heteroatoms. The van der Waals surface area contributed by atoms with Gasteiger partial charge in [0, 0.05) is 50.0 Å². The quantitative estimate of drug-likeness (QED) is 0.383. The second kappa shape index (κ2) is 16.3. The zero-order chi connectivity index (χ0) is 23.7. The molecule has 32 heavy (non-hydrogen) atoms. The Morgan fingerprint density at radius 1 is 0.406 bits per heavy atom. The van der Waals surface area contributed by atoms with Crippen LogP contribution in [0.3, 0.4) is 0 Å². The molecule has 0 saturated heterocycles. The van der Waals surface area contributed by atoms with E-state index in [1.165, 1.54) is 0 Å². The summed E-state index contributed by atoms with van der Waals surface area (Å²) in [5.41, 5.74) is 0. The number of rotatable bonds is 14. The highest BCUT2D eigenvalue weighted by atomic mass is 28.4. The lowest BCUT2D eigenvalue weighted by Gasteiger charge is -2.28. The van der Waals surface area contributed by atoms with E-state index in [0.29, 0.717) is 39.6 Å². The van der Waals surface area contributed by atoms with E-state index in [1.807, 2.05) is 102 Å². The predicted octanol–water partition coefficient (Wildman–Crippen LogP) is 3.88. The molecule has 0 unspecified atom stereocenters. The van der Waals surface area contributed by atoms with Crippen molar-refractivity contribution in [2.45, 2.75) is 41.5 Å². The molecule has 0 heterocycles. The molecule has 0 aromatic heterocycles. The van der Waals surface area contributed by atoms with Crippen LogP contribution >= 0.6 is 0 Å². The molecule has 0 saturated carbocycles. The lowest BCUT2D eigenvalue weighted by molar-refractivity contribution is 0.0851. The minimum Gasteiger partial charge on any atom is -0.370 e. The van der Waals surface area contributed by atoms with E-state index >= 15 is 0 Å². The molecular formula is C24H40O6Si2. The number of hydrogen-bond acceptors (Lipinski definition) is 6. The lowest BCUT2D eigenvalue weighted by Crippen LogP contribution is -2.56. The normalized spacial score (nSPS) is 11.7. The van der Waals surface area contributed by atoms with Gasteiger partial charge >= 0.3 is 17.6 Å². The Morgan fingerprint density at radius 2 is 0.625 bits per heavy atom. The van der Waals surface area contributed by atoms with Gasteiger partial charge in [-0.15, -0.1) is 0 Å². The van der Waals surface area contributed by atoms with Gasteiger partial charge in [0.25, 0.3) is 0 Å². The Hall–Kier alpha value is -1.37. The molecule has 0 aliphatic carbocycles. The van der Waals surface area contributed by atoms with Crippen molar-refractivity contribution in [3.63, 3.8) is 0 Å². The van der Waals surface area contributed by atoms with Gasteiger partial charge in [0.15, 0.2) is 0 Å². The summed E-state index contributed by atoms with van der Waals surface area (Å²) in [6.45, 7) is 15.4. The minimum atomic E-state index is -2.67. The van der Waals surface area contributed by atoms with Crippen LogP contribution in [-0.4, -0.2) is 57.3 Å². The van der Waals surface area contributed by atoms with Crippen LogP contribution in [0.1, 0.15) is 41.5 Å². The molecule has 0 amide bonds. The molecular weight excluding hydrogens is 440 g/mol. The van der Waals surface area contributed by atoms with Crippen molar-refractivity contribution in [3.8, 4) is 0 Å². The topological polar surface area (TPSA) is 55.4 Å². The Balaban J connectivity index is 0.000000320. The van der Waals surface area contributed by atoms with Gasteiger partial charge in [-0.25, -0.2) is 0 Å². The van der Waals surface area contributed by atoms with Gasteiger partial charge in [0.1, 0.15) is 0 Å². The maximum Gasteiger partial charge on any atom is 0.537 e. The summed E-state index contributed by atoms with van der Waals surface area (Å²) < 4.78 is 34.7. The molecule has 0 bridgehead atoms. The molecule has 0 N–H and O–H groups in total. The molecule has 0 fully saturated rings. The third kappa shape index (κ3) is 8.53. The molecule has 2 aromatic carbocycles. The summed E-state index contributed by atoms with van der Waals surface area (Å²) in [5.74, 6) is 0. The van der Waals surface area contributed by atoms with Gasteiger partial charge in [-0.2, -0.15) is 0 Å². The molecule has 0 aliphatic heterocycles. The van der Waals surface area contributed by atoms with Crippen molar-refractivity contribution >= 4 is 28.0 Å². The molecule has 2 rings (SSSR count). The average Bonchev–Trinajstić information content (AvgIpc) is 2.81. The average molecular weight is 481 g/mol. The van der Waals surface area contributed by atoms with Gasteiger partial charge in [-0.3, -0.25) is 0 Å². The Kier molecular flexibility index (Phi) is 14.6. The van der Waals surface area contributed by atoms with Crippen molar-refractivity contribution in [3.05, 3.63) is 60.7 Å². The van der Waals surface area contributed by atoms with E-state index < -0.39 is 17.6 Å². The summed E-state index contributed by atoms with van der Waals surface area (Å²) in [6.07, 6.45) is 0. The zero-order valence-electron chi connectivity index (χ0n) is 20.5. The van der Waals surface area contributed by atoms with Crippen molar-refractivity contribution in [2.75, 3.05) is 39.6 Å². The highest BCUT2D eigenvalue weighted by Crippen LogP contribution is 2.11. The van der Waals surface area contributed by atoms with Crippen molar-refractivity contribution in [2.24, 2.45) is 0 Å². The van der Waals surface area contributed by atoms with E-state index in [-0.39, 0.29) is 0 Å². The van der Waals surface area contributed by atoms with Crippen LogP contribution in [0, 0.1) is 0 Å².